The van der Waals surface area contributed by atoms with Gasteiger partial charge in [-0.25, -0.2) is 0 Å². The van der Waals surface area contributed by atoms with Gasteiger partial charge < -0.3 is 5.32 Å². The Balaban J connectivity index is 1.75. The number of nitro groups is 1. The van der Waals surface area contributed by atoms with Gasteiger partial charge in [0.05, 0.1) is 15.4 Å². The summed E-state index contributed by atoms with van der Waals surface area (Å²) in [5.74, 6) is -1.26. The molecule has 0 spiro atoms. The van der Waals surface area contributed by atoms with E-state index in [-0.39, 0.29) is 20.6 Å². The van der Waals surface area contributed by atoms with Gasteiger partial charge in [-0.05, 0) is 48.9 Å². The van der Waals surface area contributed by atoms with Gasteiger partial charge in [0, 0.05) is 17.8 Å². The van der Waals surface area contributed by atoms with Crippen molar-refractivity contribution >= 4 is 57.6 Å². The number of carbonyl (C=O) groups excluding carboxylic acids is 2. The first-order valence-corrected chi connectivity index (χ1v) is 10.2. The van der Waals surface area contributed by atoms with E-state index in [9.17, 15) is 32.9 Å². The molecule has 1 atom stereocenters. The molecule has 0 aliphatic carbocycles. The van der Waals surface area contributed by atoms with Crippen LogP contribution in [0.25, 0.3) is 6.08 Å². The van der Waals surface area contributed by atoms with Crippen LogP contribution in [0.1, 0.15) is 18.1 Å². The largest absolute Gasteiger partial charge is 0.416 e. The standard InChI is InChI=1S/C20H14F3N3O4S2/c1-11(17(27)24-14-4-2-3-13(10-14)20(21,22)23)25-18(28)16(32-19(25)31)9-12-5-7-15(8-6-12)26(29)30/h2-11H,1H3,(H,24,27)/b16-9-. The highest BCUT2D eigenvalue weighted by Crippen LogP contribution is 2.35. The normalized spacial score (nSPS) is 16.4. The van der Waals surface area contributed by atoms with Crippen LogP contribution in [-0.2, 0) is 15.8 Å². The molecule has 0 aromatic heterocycles. The van der Waals surface area contributed by atoms with Crippen LogP contribution in [0.3, 0.4) is 0 Å². The van der Waals surface area contributed by atoms with Gasteiger partial charge in [0.2, 0.25) is 5.91 Å². The first kappa shape index (κ1) is 23.4. The summed E-state index contributed by atoms with van der Waals surface area (Å²) < 4.78 is 38.7. The second kappa shape index (κ2) is 9.09. The van der Waals surface area contributed by atoms with Gasteiger partial charge in [0.15, 0.2) is 0 Å². The number of nitrogens with zero attached hydrogens (tertiary/aromatic N) is 2. The summed E-state index contributed by atoms with van der Waals surface area (Å²) in [5.41, 5.74) is -0.560. The highest BCUT2D eigenvalue weighted by Gasteiger charge is 2.38. The number of benzene rings is 2. The number of amides is 2. The molecule has 1 unspecified atom stereocenters. The summed E-state index contributed by atoms with van der Waals surface area (Å²) in [6.45, 7) is 1.41. The van der Waals surface area contributed by atoms with E-state index in [0.717, 1.165) is 34.9 Å². The number of halogens is 3. The molecule has 166 valence electrons. The van der Waals surface area contributed by atoms with Crippen molar-refractivity contribution in [1.82, 2.24) is 4.90 Å². The lowest BCUT2D eigenvalue weighted by molar-refractivity contribution is -0.384. The monoisotopic (exact) mass is 481 g/mol. The molecule has 2 aromatic rings. The third kappa shape index (κ3) is 5.14. The third-order valence-corrected chi connectivity index (χ3v) is 5.78. The Morgan fingerprint density at radius 1 is 1.25 bits per heavy atom. The Morgan fingerprint density at radius 3 is 2.50 bits per heavy atom. The van der Waals surface area contributed by atoms with Crippen molar-refractivity contribution in [1.29, 1.82) is 0 Å². The molecule has 12 heteroatoms. The summed E-state index contributed by atoms with van der Waals surface area (Å²) in [6.07, 6.45) is -3.08. The maximum absolute atomic E-state index is 12.9. The van der Waals surface area contributed by atoms with Crippen molar-refractivity contribution in [3.05, 3.63) is 74.7 Å². The summed E-state index contributed by atoms with van der Waals surface area (Å²) >= 11 is 6.16. The minimum absolute atomic E-state index is 0.0662. The number of non-ortho nitro benzene ring substituents is 1. The lowest BCUT2D eigenvalue weighted by Gasteiger charge is -2.22. The van der Waals surface area contributed by atoms with Crippen LogP contribution in [0.15, 0.2) is 53.4 Å². The molecule has 7 nitrogen and oxygen atoms in total. The van der Waals surface area contributed by atoms with Crippen LogP contribution in [0, 0.1) is 10.1 Å². The summed E-state index contributed by atoms with van der Waals surface area (Å²) in [7, 11) is 0. The van der Waals surface area contributed by atoms with E-state index in [4.69, 9.17) is 12.2 Å². The Labute approximate surface area is 189 Å². The predicted octanol–water partition coefficient (Wildman–Crippen LogP) is 4.84. The molecular formula is C20H14F3N3O4S2. The summed E-state index contributed by atoms with van der Waals surface area (Å²) in [5, 5.41) is 13.1. The Hall–Kier alpha value is -3.25. The average Bonchev–Trinajstić information content (AvgIpc) is 3.00. The molecular weight excluding hydrogens is 467 g/mol. The second-order valence-corrected chi connectivity index (χ2v) is 8.32. The van der Waals surface area contributed by atoms with Crippen LogP contribution < -0.4 is 5.32 Å². The predicted molar refractivity (Wildman–Crippen MR) is 118 cm³/mol. The van der Waals surface area contributed by atoms with Crippen LogP contribution in [0.2, 0.25) is 0 Å². The average molecular weight is 481 g/mol. The summed E-state index contributed by atoms with van der Waals surface area (Å²) in [6, 6.07) is 8.57. The first-order chi connectivity index (χ1) is 15.0. The highest BCUT2D eigenvalue weighted by molar-refractivity contribution is 8.26. The number of alkyl halides is 3. The van der Waals surface area contributed by atoms with Crippen LogP contribution >= 0.6 is 24.0 Å². The number of nitro benzene ring substituents is 1. The quantitative estimate of drug-likeness (QED) is 0.284. The number of thiocarbonyl (C=S) groups is 1. The SMILES string of the molecule is CC(C(=O)Nc1cccc(C(F)(F)F)c1)N1C(=O)/C(=C/c2ccc([N+](=O)[O-])cc2)SC1=S. The number of hydrogen-bond acceptors (Lipinski definition) is 6. The molecule has 0 radical (unpaired) electrons. The van der Waals surface area contributed by atoms with Gasteiger partial charge in [-0.2, -0.15) is 13.2 Å². The Bertz CT molecular complexity index is 1130. The Kier molecular flexibility index (Phi) is 6.65. The molecule has 1 N–H and O–H groups in total. The van der Waals surface area contributed by atoms with Gasteiger partial charge >= 0.3 is 6.18 Å². The van der Waals surface area contributed by atoms with Crippen molar-refractivity contribution in [3.63, 3.8) is 0 Å². The minimum Gasteiger partial charge on any atom is -0.324 e. The maximum atomic E-state index is 12.9. The fraction of sp³-hybridized carbons (Fsp3) is 0.150. The molecule has 1 saturated heterocycles. The van der Waals surface area contributed by atoms with Gasteiger partial charge in [-0.15, -0.1) is 0 Å². The molecule has 1 aliphatic heterocycles. The van der Waals surface area contributed by atoms with Crippen molar-refractivity contribution in [2.45, 2.75) is 19.1 Å². The zero-order valence-corrected chi connectivity index (χ0v) is 17.9. The molecule has 1 aliphatic rings. The molecule has 2 amide bonds. The number of rotatable bonds is 5. The molecule has 2 aromatic carbocycles. The molecule has 0 saturated carbocycles. The topological polar surface area (TPSA) is 92.6 Å². The molecule has 1 heterocycles. The number of hydrogen-bond donors (Lipinski definition) is 1. The maximum Gasteiger partial charge on any atom is 0.416 e. The fourth-order valence-corrected chi connectivity index (χ4v) is 4.21. The van der Waals surface area contributed by atoms with Crippen LogP contribution in [0.5, 0.6) is 0 Å². The van der Waals surface area contributed by atoms with E-state index in [1.807, 2.05) is 0 Å². The van der Waals surface area contributed by atoms with Crippen molar-refractivity contribution in [2.24, 2.45) is 0 Å². The molecule has 3 rings (SSSR count). The second-order valence-electron chi connectivity index (χ2n) is 6.64. The lowest BCUT2D eigenvalue weighted by Crippen LogP contribution is -2.44. The van der Waals surface area contributed by atoms with E-state index in [1.165, 1.54) is 43.3 Å². The van der Waals surface area contributed by atoms with Gasteiger partial charge in [0.25, 0.3) is 11.6 Å². The number of anilines is 1. The van der Waals surface area contributed by atoms with E-state index in [2.05, 4.69) is 5.32 Å². The van der Waals surface area contributed by atoms with Crippen molar-refractivity contribution in [2.75, 3.05) is 5.32 Å². The summed E-state index contributed by atoms with van der Waals surface area (Å²) in [4.78, 5) is 36.9. The molecule has 1 fully saturated rings. The first-order valence-electron chi connectivity index (χ1n) is 8.97. The van der Waals surface area contributed by atoms with Gasteiger partial charge in [-0.3, -0.25) is 24.6 Å². The van der Waals surface area contributed by atoms with Crippen LogP contribution in [-0.4, -0.2) is 32.0 Å². The van der Waals surface area contributed by atoms with Crippen molar-refractivity contribution < 1.29 is 27.7 Å². The van der Waals surface area contributed by atoms with Gasteiger partial charge in [0.1, 0.15) is 10.4 Å². The number of carbonyl (C=O) groups is 2. The lowest BCUT2D eigenvalue weighted by atomic mass is 10.1. The van der Waals surface area contributed by atoms with Crippen LogP contribution in [0.4, 0.5) is 24.5 Å². The van der Waals surface area contributed by atoms with E-state index >= 15 is 0 Å². The molecule has 0 bridgehead atoms. The van der Waals surface area contributed by atoms with E-state index in [1.54, 1.807) is 0 Å². The third-order valence-electron chi connectivity index (χ3n) is 4.45. The Morgan fingerprint density at radius 2 is 1.91 bits per heavy atom. The fourth-order valence-electron chi connectivity index (χ4n) is 2.79. The highest BCUT2D eigenvalue weighted by atomic mass is 32.2. The smallest absolute Gasteiger partial charge is 0.324 e. The van der Waals surface area contributed by atoms with Gasteiger partial charge in [-0.1, -0.05) is 30.0 Å². The van der Waals surface area contributed by atoms with Crippen molar-refractivity contribution in [3.8, 4) is 0 Å². The minimum atomic E-state index is -4.56. The zero-order chi connectivity index (χ0) is 23.6. The number of thioether (sulfide) groups is 1. The number of nitrogens with one attached hydrogen (secondary N) is 1. The molecule has 32 heavy (non-hydrogen) atoms. The van der Waals surface area contributed by atoms with E-state index < -0.39 is 34.5 Å². The zero-order valence-electron chi connectivity index (χ0n) is 16.3. The van der Waals surface area contributed by atoms with E-state index in [0.29, 0.717) is 5.56 Å².